The molecule has 0 spiro atoms. The van der Waals surface area contributed by atoms with Crippen LogP contribution in [0, 0.1) is 115 Å². The van der Waals surface area contributed by atoms with E-state index in [2.05, 4.69) is 53.8 Å². The van der Waals surface area contributed by atoms with E-state index >= 15 is 0 Å². The van der Waals surface area contributed by atoms with E-state index in [9.17, 15) is 94.6 Å². The van der Waals surface area contributed by atoms with Gasteiger partial charge in [-0.25, -0.2) is 130 Å². The first-order valence-electron chi connectivity index (χ1n) is 35.0. The summed E-state index contributed by atoms with van der Waals surface area (Å²) in [4.78, 5) is 94.4. The Kier molecular flexibility index (Phi) is 33.9. The molecule has 12 rings (SSSR count). The normalized spacial score (nSPS) is 10.6. The van der Waals surface area contributed by atoms with E-state index < -0.39 is 207 Å². The van der Waals surface area contributed by atoms with Gasteiger partial charge in [0.25, 0.3) is 6.43 Å². The van der Waals surface area contributed by atoms with E-state index in [0.717, 1.165) is 70.9 Å². The molecule has 0 unspecified atom stereocenters. The fourth-order valence-corrected chi connectivity index (χ4v) is 11.5. The van der Waals surface area contributed by atoms with Crippen molar-refractivity contribution in [3.63, 3.8) is 0 Å². The average molecular weight is 1910 g/mol. The Morgan fingerprint density at radius 1 is 0.357 bits per heavy atom. The predicted octanol–water partition coefficient (Wildman–Crippen LogP) is 19.0. The zero-order valence-electron chi connectivity index (χ0n) is 66.8. The Bertz CT molecular complexity index is 6550. The van der Waals surface area contributed by atoms with Crippen LogP contribution in [0.4, 0.5) is 100 Å². The Labute approximate surface area is 741 Å². The molecular weight excluding hydrogens is 1850 g/mol. The van der Waals surface area contributed by atoms with Gasteiger partial charge in [0.1, 0.15) is 57.8 Å². The summed E-state index contributed by atoms with van der Waals surface area (Å²) in [6.45, 7) is 5.79. The number of benzene rings is 6. The van der Waals surface area contributed by atoms with Crippen molar-refractivity contribution in [2.24, 2.45) is 0 Å². The number of aromatic carboxylic acids is 2. The van der Waals surface area contributed by atoms with Crippen LogP contribution in [-0.2, 0) is 18.9 Å². The SMILES string of the molecule is COC(=O)c1nc(-c2cc(F)c(C#N)cc2F)nc(N)c1OC.COC(=O)c1nc(-c2ccc(C(F)F)cc2)c(F)c(N)c1Cl.COC(=O)c1nc(-c2ccc(C)c(F)c2)c(F)c(N)c1Cl.COC(=O)c1nc(-c2ccc(C)c(F)c2F)c(F)c(N)c1Cl.Cc1ccc(-c2nc(C(=O)O)c(Cl)c(N)c2F)c(F)c1F.Cc1ccc(-c2nc(C(=O)O)c(Cl)c(N)c2F)cc1F. The van der Waals surface area contributed by atoms with Gasteiger partial charge in [-0.2, -0.15) is 5.26 Å². The fourth-order valence-electron chi connectivity index (χ4n) is 10.5. The number of rotatable bonds is 14. The van der Waals surface area contributed by atoms with Crippen LogP contribution in [0.25, 0.3) is 67.7 Å². The van der Waals surface area contributed by atoms with Crippen molar-refractivity contribution < 1.29 is 129 Å². The second-order valence-electron chi connectivity index (χ2n) is 25.5. The molecule has 0 radical (unpaired) electrons. The topological polar surface area (TPSA) is 459 Å². The molecule has 0 bridgehead atoms. The maximum absolute atomic E-state index is 14.2. The number of nitrogens with two attached hydrogens (primary N) is 6. The van der Waals surface area contributed by atoms with Crippen molar-refractivity contribution >= 4 is 128 Å². The number of nitrogen functional groups attached to an aromatic ring is 6. The lowest BCUT2D eigenvalue weighted by molar-refractivity contribution is 0.0582. The minimum absolute atomic E-state index is 0.0112. The quantitative estimate of drug-likeness (QED) is 0.0285. The average Bonchev–Trinajstić information content (AvgIpc) is 0.783. The van der Waals surface area contributed by atoms with Gasteiger partial charge >= 0.3 is 35.8 Å². The van der Waals surface area contributed by atoms with E-state index in [4.69, 9.17) is 113 Å². The minimum Gasteiger partial charge on any atom is -0.491 e. The third-order valence-electron chi connectivity index (χ3n) is 17.4. The smallest absolute Gasteiger partial charge is 0.360 e. The third-order valence-corrected chi connectivity index (χ3v) is 19.3. The zero-order valence-corrected chi connectivity index (χ0v) is 70.6. The first kappa shape index (κ1) is 102. The molecule has 12 aromatic rings. The number of aryl methyl sites for hydroxylation is 4. The molecule has 0 saturated carbocycles. The molecular formula is C82H58Cl5F15N14O13. The summed E-state index contributed by atoms with van der Waals surface area (Å²) in [5, 5.41) is 24.3. The minimum atomic E-state index is -2.65. The zero-order chi connectivity index (χ0) is 96.8. The molecule has 674 valence electrons. The standard InChI is InChI=1S/2C14H10ClF3N2O2.C14H11ClF2N2O2.C14H10F2N4O3.C13H8ClF3N2O2.C13H9ClF2N2O2/c1-5-3-4-6(9(17)8(5)16)12-10(18)11(19)7(15)13(20-12)14(21)22-2;1-22-14(21)12-8(15)10(19)9(16)11(20-12)6-2-4-7(5-3-6)13(17)18;1-6-3-4-7(5-8(6)16)12-10(17)11(18)9(15)13(19-12)14(20)21-2;1-22-11-10(14(21)23-2)19-13(20-12(11)18)7-4-8(15)6(5-17)3-9(7)16;1-4-2-3-5(8(16)7(4)15)11-9(17)10(18)6(14)12(19-11)13(20)21;1-5-2-3-6(4-7(5)15)11-9(16)10(17)8(14)12(18-11)13(19)20/h3-4H,1-2H3,(H2,19,20);2-5,13H,1H3,(H2,19,20);3-5H,1-2H3,(H2,18,19);3-4H,1-2H3,(H2,18,19,20);2-3H,1H3,(H2,18,19)(H,20,21);2-4H,1H3,(H2,17,18)(H,19,20). The number of nitrogens with zero attached hydrogens (tertiary/aromatic N) is 8. The number of carbonyl (C=O) groups excluding carboxylic acids is 4. The van der Waals surface area contributed by atoms with E-state index in [-0.39, 0.29) is 101 Å². The first-order chi connectivity index (χ1) is 60.5. The molecule has 14 N–H and O–H groups in total. The Morgan fingerprint density at radius 2 is 0.667 bits per heavy atom. The Morgan fingerprint density at radius 3 is 1.00 bits per heavy atom. The van der Waals surface area contributed by atoms with Gasteiger partial charge in [0, 0.05) is 33.4 Å². The molecule has 6 heterocycles. The maximum atomic E-state index is 14.2. The van der Waals surface area contributed by atoms with E-state index in [0.29, 0.717) is 17.2 Å². The number of hydrogen-bond acceptors (Lipinski definition) is 25. The molecule has 47 heteroatoms. The third kappa shape index (κ3) is 22.3. The molecule has 6 aromatic heterocycles. The number of alkyl halides is 2. The van der Waals surface area contributed by atoms with Gasteiger partial charge in [0.15, 0.2) is 104 Å². The number of hydrogen-bond donors (Lipinski definition) is 8. The van der Waals surface area contributed by atoms with Gasteiger partial charge < -0.3 is 68.3 Å². The molecule has 129 heavy (non-hydrogen) atoms. The molecule has 0 aliphatic rings. The Hall–Kier alpha value is -14.5. The van der Waals surface area contributed by atoms with Gasteiger partial charge in [0.2, 0.25) is 0 Å². The van der Waals surface area contributed by atoms with Gasteiger partial charge in [0.05, 0.1) is 100 Å². The molecule has 0 amide bonds. The van der Waals surface area contributed by atoms with E-state index in [1.54, 1.807) is 13.8 Å². The monoisotopic (exact) mass is 1910 g/mol. The van der Waals surface area contributed by atoms with Crippen LogP contribution in [0.1, 0.15) is 103 Å². The summed E-state index contributed by atoms with van der Waals surface area (Å²) in [6.07, 6.45) is -2.65. The molecule has 0 atom stereocenters. The second-order valence-corrected chi connectivity index (χ2v) is 27.4. The Balaban J connectivity index is 0.000000212. The van der Waals surface area contributed by atoms with Gasteiger partial charge in [-0.3, -0.25) is 0 Å². The number of carboxylic acid groups (broad SMARTS) is 2. The number of aromatic nitrogens is 7. The highest BCUT2D eigenvalue weighted by Gasteiger charge is 2.32. The molecule has 27 nitrogen and oxygen atoms in total. The van der Waals surface area contributed by atoms with Crippen LogP contribution < -0.4 is 39.1 Å². The number of anilines is 6. The number of methoxy groups -OCH3 is 5. The van der Waals surface area contributed by atoms with Crippen molar-refractivity contribution in [1.82, 2.24) is 34.9 Å². The number of halogens is 20. The summed E-state index contributed by atoms with van der Waals surface area (Å²) < 4.78 is 229. The van der Waals surface area contributed by atoms with Crippen LogP contribution in [0.3, 0.4) is 0 Å². The largest absolute Gasteiger partial charge is 0.491 e. The maximum Gasteiger partial charge on any atom is 0.360 e. The van der Waals surface area contributed by atoms with Crippen LogP contribution >= 0.6 is 58.0 Å². The van der Waals surface area contributed by atoms with Crippen LogP contribution in [0.5, 0.6) is 5.75 Å². The lowest BCUT2D eigenvalue weighted by Gasteiger charge is -2.11. The summed E-state index contributed by atoms with van der Waals surface area (Å²) in [5.41, 5.74) is 24.3. The van der Waals surface area contributed by atoms with Crippen LogP contribution in [0.15, 0.2) is 97.1 Å². The highest BCUT2D eigenvalue weighted by molar-refractivity contribution is 6.38. The van der Waals surface area contributed by atoms with E-state index in [1.807, 2.05) is 0 Å². The highest BCUT2D eigenvalue weighted by Crippen LogP contribution is 2.41. The lowest BCUT2D eigenvalue weighted by atomic mass is 10.1. The summed E-state index contributed by atoms with van der Waals surface area (Å²) >= 11 is 28.5. The fraction of sp³-hybridized carbons (Fsp3) is 0.122. The molecule has 6 aromatic carbocycles. The van der Waals surface area contributed by atoms with Crippen molar-refractivity contribution in [3.05, 3.63) is 265 Å². The molecule has 0 saturated heterocycles. The van der Waals surface area contributed by atoms with Crippen LogP contribution in [-0.4, -0.2) is 116 Å². The van der Waals surface area contributed by atoms with Crippen molar-refractivity contribution in [2.45, 2.75) is 34.1 Å². The van der Waals surface area contributed by atoms with Gasteiger partial charge in [-0.05, 0) is 86.3 Å². The van der Waals surface area contributed by atoms with Gasteiger partial charge in [-0.15, -0.1) is 0 Å². The number of carbonyl (C=O) groups is 6. The number of carboxylic acids is 2. The highest BCUT2D eigenvalue weighted by atomic mass is 35.5. The van der Waals surface area contributed by atoms with Crippen molar-refractivity contribution in [3.8, 4) is 79.5 Å². The molecule has 0 aliphatic heterocycles. The van der Waals surface area contributed by atoms with Crippen molar-refractivity contribution in [1.29, 1.82) is 5.26 Å². The molecule has 0 fully saturated rings. The number of nitriles is 1. The first-order valence-corrected chi connectivity index (χ1v) is 36.9. The van der Waals surface area contributed by atoms with Crippen molar-refractivity contribution in [2.75, 3.05) is 70.0 Å². The summed E-state index contributed by atoms with van der Waals surface area (Å²) in [5.74, 6) is -20.5. The number of ether oxygens (including phenoxy) is 5. The number of pyridine rings is 5. The van der Waals surface area contributed by atoms with Gasteiger partial charge in [-0.1, -0.05) is 119 Å². The second kappa shape index (κ2) is 43.1. The number of esters is 4. The van der Waals surface area contributed by atoms with Crippen LogP contribution in [0.2, 0.25) is 25.1 Å². The predicted molar refractivity (Wildman–Crippen MR) is 441 cm³/mol. The molecule has 0 aliphatic carbocycles. The summed E-state index contributed by atoms with van der Waals surface area (Å²) in [7, 11) is 5.65. The lowest BCUT2D eigenvalue weighted by Crippen LogP contribution is -2.12. The van der Waals surface area contributed by atoms with E-state index in [1.165, 1.54) is 75.6 Å². The summed E-state index contributed by atoms with van der Waals surface area (Å²) in [6, 6.07) is 20.3.